The van der Waals surface area contributed by atoms with Crippen LogP contribution < -0.4 is 10.1 Å². The van der Waals surface area contributed by atoms with Gasteiger partial charge in [0.05, 0.1) is 7.11 Å². The molecule has 1 fully saturated rings. The van der Waals surface area contributed by atoms with Crippen LogP contribution in [0.25, 0.3) is 11.1 Å². The highest BCUT2D eigenvalue weighted by Gasteiger charge is 2.23. The van der Waals surface area contributed by atoms with Gasteiger partial charge < -0.3 is 10.1 Å². The molecule has 0 aliphatic heterocycles. The zero-order valence-corrected chi connectivity index (χ0v) is 12.3. The van der Waals surface area contributed by atoms with E-state index in [4.69, 9.17) is 4.74 Å². The molecule has 0 unspecified atom stereocenters. The van der Waals surface area contributed by atoms with Gasteiger partial charge in [0, 0.05) is 11.6 Å². The van der Waals surface area contributed by atoms with E-state index >= 15 is 0 Å². The Morgan fingerprint density at radius 2 is 1.86 bits per heavy atom. The molecule has 1 aliphatic rings. The van der Waals surface area contributed by atoms with E-state index in [0.29, 0.717) is 6.04 Å². The number of hydrogen-bond acceptors (Lipinski definition) is 2. The molecule has 0 saturated heterocycles. The molecule has 0 spiro atoms. The third kappa shape index (κ3) is 3.07. The summed E-state index contributed by atoms with van der Waals surface area (Å²) in [5.74, 6) is 0.882. The van der Waals surface area contributed by atoms with Gasteiger partial charge in [0.25, 0.3) is 5.91 Å². The van der Waals surface area contributed by atoms with E-state index in [-0.39, 0.29) is 5.91 Å². The summed E-state index contributed by atoms with van der Waals surface area (Å²) >= 11 is 0. The molecule has 1 N–H and O–H groups in total. The van der Waals surface area contributed by atoms with E-state index in [1.54, 1.807) is 7.11 Å². The summed E-state index contributed by atoms with van der Waals surface area (Å²) < 4.78 is 5.23. The molecular formula is C18H19NO2. The van der Waals surface area contributed by atoms with Crippen LogP contribution in [-0.4, -0.2) is 19.1 Å². The standard InChI is InChI=1S/C18H19NO2/c1-12-11-16(21-2)9-10-17(12)13-3-5-14(6-4-13)18(20)19-15-7-8-15/h3-6,9-11,15H,7-8H2,1-2H3,(H,19,20). The summed E-state index contributed by atoms with van der Waals surface area (Å²) in [5.41, 5.74) is 4.14. The molecule has 2 aromatic carbocycles. The third-order valence-corrected chi connectivity index (χ3v) is 3.80. The normalized spacial score (nSPS) is 13.8. The number of carbonyl (C=O) groups excluding carboxylic acids is 1. The van der Waals surface area contributed by atoms with Crippen LogP contribution in [-0.2, 0) is 0 Å². The molecular weight excluding hydrogens is 262 g/mol. The minimum Gasteiger partial charge on any atom is -0.497 e. The monoisotopic (exact) mass is 281 g/mol. The van der Waals surface area contributed by atoms with Crippen LogP contribution >= 0.6 is 0 Å². The molecule has 2 aromatic rings. The second-order valence-electron chi connectivity index (χ2n) is 5.51. The van der Waals surface area contributed by atoms with Crippen molar-refractivity contribution in [3.63, 3.8) is 0 Å². The summed E-state index contributed by atoms with van der Waals surface area (Å²) in [4.78, 5) is 12.0. The van der Waals surface area contributed by atoms with Gasteiger partial charge in [-0.2, -0.15) is 0 Å². The first-order chi connectivity index (χ1) is 10.2. The molecule has 0 radical (unpaired) electrons. The van der Waals surface area contributed by atoms with Gasteiger partial charge in [0.2, 0.25) is 0 Å². The number of ether oxygens (including phenoxy) is 1. The van der Waals surface area contributed by atoms with Crippen LogP contribution in [0.3, 0.4) is 0 Å². The molecule has 3 nitrogen and oxygen atoms in total. The van der Waals surface area contributed by atoms with Gasteiger partial charge in [-0.05, 0) is 60.7 Å². The molecule has 3 heteroatoms. The Morgan fingerprint density at radius 1 is 1.14 bits per heavy atom. The fourth-order valence-corrected chi connectivity index (χ4v) is 2.38. The van der Waals surface area contributed by atoms with Gasteiger partial charge in [0.1, 0.15) is 5.75 Å². The molecule has 0 heterocycles. The average Bonchev–Trinajstić information content (AvgIpc) is 3.31. The molecule has 0 bridgehead atoms. The number of aryl methyl sites for hydroxylation is 1. The fraction of sp³-hybridized carbons (Fsp3) is 0.278. The minimum atomic E-state index is 0.0236. The van der Waals surface area contributed by atoms with Gasteiger partial charge >= 0.3 is 0 Å². The third-order valence-electron chi connectivity index (χ3n) is 3.80. The van der Waals surface area contributed by atoms with Crippen LogP contribution in [0, 0.1) is 6.92 Å². The SMILES string of the molecule is COc1ccc(-c2ccc(C(=O)NC3CC3)cc2)c(C)c1. The van der Waals surface area contributed by atoms with Crippen LogP contribution in [0.15, 0.2) is 42.5 Å². The lowest BCUT2D eigenvalue weighted by molar-refractivity contribution is 0.0951. The van der Waals surface area contributed by atoms with Gasteiger partial charge in [-0.3, -0.25) is 4.79 Å². The summed E-state index contributed by atoms with van der Waals surface area (Å²) in [5, 5.41) is 3.00. The van der Waals surface area contributed by atoms with Crippen molar-refractivity contribution in [2.75, 3.05) is 7.11 Å². The summed E-state index contributed by atoms with van der Waals surface area (Å²) in [6.07, 6.45) is 2.21. The molecule has 0 aromatic heterocycles. The maximum absolute atomic E-state index is 12.0. The average molecular weight is 281 g/mol. The Balaban J connectivity index is 1.81. The van der Waals surface area contributed by atoms with Crippen molar-refractivity contribution in [1.29, 1.82) is 0 Å². The van der Waals surface area contributed by atoms with Gasteiger partial charge in [-0.1, -0.05) is 18.2 Å². The minimum absolute atomic E-state index is 0.0236. The van der Waals surface area contributed by atoms with Crippen molar-refractivity contribution in [2.24, 2.45) is 0 Å². The number of amides is 1. The number of nitrogens with one attached hydrogen (secondary N) is 1. The second kappa shape index (κ2) is 5.60. The Labute approximate surface area is 124 Å². The predicted molar refractivity (Wildman–Crippen MR) is 83.7 cm³/mol. The lowest BCUT2D eigenvalue weighted by Crippen LogP contribution is -2.25. The van der Waals surface area contributed by atoms with E-state index in [2.05, 4.69) is 12.2 Å². The lowest BCUT2D eigenvalue weighted by Gasteiger charge is -2.09. The van der Waals surface area contributed by atoms with Crippen molar-refractivity contribution in [2.45, 2.75) is 25.8 Å². The second-order valence-corrected chi connectivity index (χ2v) is 5.51. The molecule has 108 valence electrons. The van der Waals surface area contributed by atoms with Gasteiger partial charge in [0.15, 0.2) is 0 Å². The molecule has 1 amide bonds. The first-order valence-corrected chi connectivity index (χ1v) is 7.23. The Bertz CT molecular complexity index is 657. The fourth-order valence-electron chi connectivity index (χ4n) is 2.38. The zero-order chi connectivity index (χ0) is 14.8. The highest BCUT2D eigenvalue weighted by atomic mass is 16.5. The van der Waals surface area contributed by atoms with Crippen LogP contribution in [0.4, 0.5) is 0 Å². The van der Waals surface area contributed by atoms with Gasteiger partial charge in [-0.15, -0.1) is 0 Å². The highest BCUT2D eigenvalue weighted by Crippen LogP contribution is 2.27. The summed E-state index contributed by atoms with van der Waals surface area (Å²) in [7, 11) is 1.67. The Hall–Kier alpha value is -2.29. The lowest BCUT2D eigenvalue weighted by atomic mass is 9.99. The largest absolute Gasteiger partial charge is 0.497 e. The molecule has 0 atom stereocenters. The smallest absolute Gasteiger partial charge is 0.251 e. The Morgan fingerprint density at radius 3 is 2.43 bits per heavy atom. The summed E-state index contributed by atoms with van der Waals surface area (Å²) in [6.45, 7) is 2.06. The van der Waals surface area contributed by atoms with E-state index in [1.165, 1.54) is 0 Å². The quantitative estimate of drug-likeness (QED) is 0.930. The predicted octanol–water partition coefficient (Wildman–Crippen LogP) is 3.56. The molecule has 1 aliphatic carbocycles. The van der Waals surface area contributed by atoms with Crippen LogP contribution in [0.5, 0.6) is 5.75 Å². The number of benzene rings is 2. The van der Waals surface area contributed by atoms with Crippen LogP contribution in [0.2, 0.25) is 0 Å². The van der Waals surface area contributed by atoms with Crippen molar-refractivity contribution in [3.05, 3.63) is 53.6 Å². The highest BCUT2D eigenvalue weighted by molar-refractivity contribution is 5.95. The van der Waals surface area contributed by atoms with Crippen molar-refractivity contribution < 1.29 is 9.53 Å². The van der Waals surface area contributed by atoms with Crippen molar-refractivity contribution >= 4 is 5.91 Å². The topological polar surface area (TPSA) is 38.3 Å². The van der Waals surface area contributed by atoms with Gasteiger partial charge in [-0.25, -0.2) is 0 Å². The number of carbonyl (C=O) groups is 1. The number of methoxy groups -OCH3 is 1. The van der Waals surface area contributed by atoms with Crippen LogP contribution in [0.1, 0.15) is 28.8 Å². The molecule has 3 rings (SSSR count). The van der Waals surface area contributed by atoms with E-state index in [0.717, 1.165) is 40.8 Å². The number of hydrogen-bond donors (Lipinski definition) is 1. The van der Waals surface area contributed by atoms with Crippen molar-refractivity contribution in [3.8, 4) is 16.9 Å². The van der Waals surface area contributed by atoms with E-state index in [9.17, 15) is 4.79 Å². The Kier molecular flexibility index (Phi) is 3.65. The molecule has 21 heavy (non-hydrogen) atoms. The maximum Gasteiger partial charge on any atom is 0.251 e. The first kappa shape index (κ1) is 13.7. The van der Waals surface area contributed by atoms with E-state index < -0.39 is 0 Å². The number of rotatable bonds is 4. The summed E-state index contributed by atoms with van der Waals surface area (Å²) in [6, 6.07) is 14.2. The first-order valence-electron chi connectivity index (χ1n) is 7.23. The zero-order valence-electron chi connectivity index (χ0n) is 12.3. The maximum atomic E-state index is 12.0. The van der Waals surface area contributed by atoms with E-state index in [1.807, 2.05) is 42.5 Å². The molecule has 1 saturated carbocycles. The van der Waals surface area contributed by atoms with Crippen molar-refractivity contribution in [1.82, 2.24) is 5.32 Å².